The van der Waals surface area contributed by atoms with E-state index in [1.165, 1.54) is 4.80 Å². The van der Waals surface area contributed by atoms with E-state index in [2.05, 4.69) is 31.3 Å². The van der Waals surface area contributed by atoms with Gasteiger partial charge in [0.15, 0.2) is 16.3 Å². The predicted molar refractivity (Wildman–Crippen MR) is 53.2 cm³/mol. The van der Waals surface area contributed by atoms with E-state index in [-0.39, 0.29) is 18.0 Å². The Morgan fingerprint density at radius 1 is 1.60 bits per heavy atom. The van der Waals surface area contributed by atoms with Crippen molar-refractivity contribution >= 4 is 21.7 Å². The second-order valence-corrected chi connectivity index (χ2v) is 3.68. The summed E-state index contributed by atoms with van der Waals surface area (Å²) in [5.41, 5.74) is 0. The molecule has 78 valence electrons. The minimum absolute atomic E-state index is 0.0911. The van der Waals surface area contributed by atoms with Gasteiger partial charge in [-0.1, -0.05) is 0 Å². The molecule has 2 aromatic rings. The first kappa shape index (κ1) is 10.0. The Bertz CT molecular complexity index is 490. The van der Waals surface area contributed by atoms with E-state index in [4.69, 9.17) is 4.42 Å². The molecule has 0 aliphatic heterocycles. The maximum absolute atomic E-state index is 11.6. The average Bonchev–Trinajstić information content (AvgIpc) is 2.75. The molecule has 0 fully saturated rings. The fourth-order valence-electron chi connectivity index (χ4n) is 1.09. The summed E-state index contributed by atoms with van der Waals surface area (Å²) < 4.78 is 5.63. The number of halogens is 1. The molecule has 0 aliphatic carbocycles. The Kier molecular flexibility index (Phi) is 2.63. The molecule has 15 heavy (non-hydrogen) atoms. The number of nitrogens with zero attached hydrogens (tertiary/aromatic N) is 4. The van der Waals surface area contributed by atoms with Crippen LogP contribution in [0, 0.1) is 0 Å². The summed E-state index contributed by atoms with van der Waals surface area (Å²) in [4.78, 5) is 12.9. The molecule has 2 aromatic heterocycles. The van der Waals surface area contributed by atoms with Crippen LogP contribution in [0.15, 0.2) is 21.2 Å². The first-order valence-corrected chi connectivity index (χ1v) is 4.96. The first-order chi connectivity index (χ1) is 7.15. The van der Waals surface area contributed by atoms with Gasteiger partial charge in [0, 0.05) is 0 Å². The lowest BCUT2D eigenvalue weighted by Gasteiger charge is -1.91. The van der Waals surface area contributed by atoms with Crippen molar-refractivity contribution in [2.45, 2.75) is 6.42 Å². The van der Waals surface area contributed by atoms with E-state index in [9.17, 15) is 4.79 Å². The molecule has 0 N–H and O–H groups in total. The lowest BCUT2D eigenvalue weighted by Crippen LogP contribution is -2.04. The van der Waals surface area contributed by atoms with Gasteiger partial charge in [-0.05, 0) is 33.3 Å². The second-order valence-electron chi connectivity index (χ2n) is 2.90. The third-order valence-electron chi connectivity index (χ3n) is 1.72. The van der Waals surface area contributed by atoms with Gasteiger partial charge in [-0.25, -0.2) is 0 Å². The lowest BCUT2D eigenvalue weighted by atomic mass is 10.2. The van der Waals surface area contributed by atoms with Crippen LogP contribution in [-0.2, 0) is 13.5 Å². The van der Waals surface area contributed by atoms with E-state index >= 15 is 0 Å². The molecule has 0 radical (unpaired) electrons. The summed E-state index contributed by atoms with van der Waals surface area (Å²) in [5, 5.41) is 11.3. The second kappa shape index (κ2) is 3.93. The predicted octanol–water partition coefficient (Wildman–Crippen LogP) is 0.991. The van der Waals surface area contributed by atoms with Crippen molar-refractivity contribution in [1.29, 1.82) is 0 Å². The zero-order valence-corrected chi connectivity index (χ0v) is 9.43. The van der Waals surface area contributed by atoms with Crippen molar-refractivity contribution in [3.8, 4) is 0 Å². The van der Waals surface area contributed by atoms with Crippen molar-refractivity contribution in [2.75, 3.05) is 0 Å². The third-order valence-corrected chi connectivity index (χ3v) is 2.14. The quantitative estimate of drug-likeness (QED) is 0.778. The van der Waals surface area contributed by atoms with Gasteiger partial charge in [-0.15, -0.1) is 10.2 Å². The fraction of sp³-hybridized carbons (Fsp3) is 0.250. The summed E-state index contributed by atoms with van der Waals surface area (Å²) in [5.74, 6) is 0.498. The first-order valence-electron chi connectivity index (χ1n) is 4.16. The van der Waals surface area contributed by atoms with Crippen LogP contribution in [0.3, 0.4) is 0 Å². The highest BCUT2D eigenvalue weighted by Crippen LogP contribution is 2.15. The monoisotopic (exact) mass is 270 g/mol. The van der Waals surface area contributed by atoms with Crippen molar-refractivity contribution in [1.82, 2.24) is 20.2 Å². The number of carbonyl (C=O) groups excluding carboxylic acids is 1. The Hall–Kier alpha value is -1.50. The van der Waals surface area contributed by atoms with E-state index in [0.29, 0.717) is 10.5 Å². The van der Waals surface area contributed by atoms with Crippen LogP contribution in [0.25, 0.3) is 0 Å². The summed E-state index contributed by atoms with van der Waals surface area (Å²) in [6, 6.07) is 3.26. The van der Waals surface area contributed by atoms with Gasteiger partial charge >= 0.3 is 0 Å². The zero-order chi connectivity index (χ0) is 10.8. The largest absolute Gasteiger partial charge is 0.446 e. The minimum Gasteiger partial charge on any atom is -0.446 e. The Balaban J connectivity index is 2.10. The van der Waals surface area contributed by atoms with E-state index in [1.54, 1.807) is 19.2 Å². The molecule has 0 unspecified atom stereocenters. The zero-order valence-electron chi connectivity index (χ0n) is 7.85. The number of ketones is 1. The normalized spacial score (nSPS) is 10.5. The number of rotatable bonds is 3. The van der Waals surface area contributed by atoms with Crippen LogP contribution in [0.4, 0.5) is 0 Å². The van der Waals surface area contributed by atoms with Gasteiger partial charge in [-0.3, -0.25) is 4.79 Å². The average molecular weight is 271 g/mol. The molecule has 2 heterocycles. The Morgan fingerprint density at radius 3 is 2.93 bits per heavy atom. The number of furan rings is 1. The van der Waals surface area contributed by atoms with Crippen molar-refractivity contribution < 1.29 is 9.21 Å². The van der Waals surface area contributed by atoms with Crippen LogP contribution >= 0.6 is 15.9 Å². The molecule has 6 nitrogen and oxygen atoms in total. The minimum atomic E-state index is -0.172. The molecular formula is C8H7BrN4O2. The standard InChI is InChI=1S/C8H7BrN4O2/c1-13-11-8(10-12-13)4-5(14)6-2-3-7(9)15-6/h2-3H,4H2,1H3. The molecule has 0 aliphatic rings. The number of hydrogen-bond acceptors (Lipinski definition) is 5. The van der Waals surface area contributed by atoms with E-state index in [1.807, 2.05) is 0 Å². The molecule has 0 saturated carbocycles. The molecule has 0 bridgehead atoms. The highest BCUT2D eigenvalue weighted by molar-refractivity contribution is 9.10. The molecule has 2 rings (SSSR count). The molecule has 0 saturated heterocycles. The van der Waals surface area contributed by atoms with Crippen LogP contribution in [0.2, 0.25) is 0 Å². The van der Waals surface area contributed by atoms with Crippen LogP contribution in [0.1, 0.15) is 16.4 Å². The van der Waals surface area contributed by atoms with Gasteiger partial charge in [-0.2, -0.15) is 4.80 Å². The third kappa shape index (κ3) is 2.30. The molecular weight excluding hydrogens is 264 g/mol. The number of carbonyl (C=O) groups is 1. The van der Waals surface area contributed by atoms with Crippen LogP contribution in [-0.4, -0.2) is 26.0 Å². The number of aryl methyl sites for hydroxylation is 1. The van der Waals surface area contributed by atoms with Gasteiger partial charge in [0.1, 0.15) is 0 Å². The molecule has 0 spiro atoms. The van der Waals surface area contributed by atoms with Crippen LogP contribution < -0.4 is 0 Å². The number of tetrazole rings is 1. The molecule has 0 atom stereocenters. The highest BCUT2D eigenvalue weighted by atomic mass is 79.9. The van der Waals surface area contributed by atoms with Crippen molar-refractivity contribution in [2.24, 2.45) is 7.05 Å². The van der Waals surface area contributed by atoms with E-state index < -0.39 is 0 Å². The SMILES string of the molecule is Cn1nnc(CC(=O)c2ccc(Br)o2)n1. The molecule has 0 aromatic carbocycles. The topological polar surface area (TPSA) is 73.8 Å². The van der Waals surface area contributed by atoms with Gasteiger partial charge < -0.3 is 4.42 Å². The number of Topliss-reactive ketones (excluding diaryl/α,β-unsaturated/α-hetero) is 1. The summed E-state index contributed by atoms with van der Waals surface area (Å²) in [7, 11) is 1.64. The lowest BCUT2D eigenvalue weighted by molar-refractivity contribution is 0.0963. The fourth-order valence-corrected chi connectivity index (χ4v) is 1.40. The molecule has 0 amide bonds. The van der Waals surface area contributed by atoms with Gasteiger partial charge in [0.25, 0.3) is 0 Å². The highest BCUT2D eigenvalue weighted by Gasteiger charge is 2.14. The van der Waals surface area contributed by atoms with Crippen molar-refractivity contribution in [3.63, 3.8) is 0 Å². The Morgan fingerprint density at radius 2 is 2.40 bits per heavy atom. The Labute approximate surface area is 93.4 Å². The summed E-state index contributed by atoms with van der Waals surface area (Å²) in [6.07, 6.45) is 0.0911. The number of hydrogen-bond donors (Lipinski definition) is 0. The van der Waals surface area contributed by atoms with Gasteiger partial charge in [0.05, 0.1) is 13.5 Å². The number of aromatic nitrogens is 4. The summed E-state index contributed by atoms with van der Waals surface area (Å²) in [6.45, 7) is 0. The van der Waals surface area contributed by atoms with E-state index in [0.717, 1.165) is 0 Å². The summed E-state index contributed by atoms with van der Waals surface area (Å²) >= 11 is 3.12. The van der Waals surface area contributed by atoms with Crippen LogP contribution in [0.5, 0.6) is 0 Å². The van der Waals surface area contributed by atoms with Gasteiger partial charge in [0.2, 0.25) is 5.78 Å². The smallest absolute Gasteiger partial charge is 0.205 e. The molecule has 7 heteroatoms. The maximum Gasteiger partial charge on any atom is 0.205 e. The van der Waals surface area contributed by atoms with Crippen molar-refractivity contribution in [3.05, 3.63) is 28.4 Å². The maximum atomic E-state index is 11.6.